The summed E-state index contributed by atoms with van der Waals surface area (Å²) in [6, 6.07) is 13.2. The third-order valence-electron chi connectivity index (χ3n) is 4.05. The maximum absolute atomic E-state index is 12.0. The van der Waals surface area contributed by atoms with Gasteiger partial charge in [-0.1, -0.05) is 19.8 Å². The van der Waals surface area contributed by atoms with Gasteiger partial charge in [-0.3, -0.25) is 4.79 Å². The van der Waals surface area contributed by atoms with Gasteiger partial charge in [-0.05, 0) is 55.8 Å². The van der Waals surface area contributed by atoms with Crippen LogP contribution in [0.3, 0.4) is 0 Å². The van der Waals surface area contributed by atoms with Crippen molar-refractivity contribution in [1.82, 2.24) is 15.0 Å². The number of nitrogens with one attached hydrogen (secondary N) is 1. The second-order valence-corrected chi connectivity index (χ2v) is 6.13. The van der Waals surface area contributed by atoms with E-state index in [0.717, 1.165) is 47.4 Å². The molecule has 0 atom stereocenters. The number of hydrogen-bond donors (Lipinski definition) is 1. The highest BCUT2D eigenvalue weighted by Gasteiger charge is 2.08. The highest BCUT2D eigenvalue weighted by Crippen LogP contribution is 2.19. The molecule has 6 heteroatoms. The number of rotatable bonds is 8. The SMILES string of the molecule is CCCCCC(=O)Nc1ccc2nn(-c3ccc(OCC)cc3)nc2c1. The molecule has 0 spiro atoms. The second-order valence-electron chi connectivity index (χ2n) is 6.13. The molecule has 3 aromatic rings. The lowest BCUT2D eigenvalue weighted by atomic mass is 10.2. The van der Waals surface area contributed by atoms with Crippen molar-refractivity contribution in [3.8, 4) is 11.4 Å². The van der Waals surface area contributed by atoms with Crippen LogP contribution in [0, 0.1) is 0 Å². The summed E-state index contributed by atoms with van der Waals surface area (Å²) in [5.74, 6) is 0.859. The second kappa shape index (κ2) is 8.47. The fourth-order valence-electron chi connectivity index (χ4n) is 2.71. The van der Waals surface area contributed by atoms with Crippen molar-refractivity contribution < 1.29 is 9.53 Å². The molecule has 0 saturated carbocycles. The molecule has 1 aromatic heterocycles. The zero-order valence-corrected chi connectivity index (χ0v) is 15.2. The first-order valence-corrected chi connectivity index (χ1v) is 9.09. The minimum atomic E-state index is 0.0386. The van der Waals surface area contributed by atoms with E-state index in [4.69, 9.17) is 4.74 Å². The summed E-state index contributed by atoms with van der Waals surface area (Å²) in [7, 11) is 0. The summed E-state index contributed by atoms with van der Waals surface area (Å²) in [4.78, 5) is 13.6. The predicted octanol–water partition coefficient (Wildman–Crippen LogP) is 4.34. The van der Waals surface area contributed by atoms with Gasteiger partial charge >= 0.3 is 0 Å². The van der Waals surface area contributed by atoms with E-state index < -0.39 is 0 Å². The zero-order chi connectivity index (χ0) is 18.4. The molecule has 0 fully saturated rings. The first-order valence-electron chi connectivity index (χ1n) is 9.09. The van der Waals surface area contributed by atoms with Crippen LogP contribution in [0.25, 0.3) is 16.7 Å². The number of ether oxygens (including phenoxy) is 1. The molecule has 0 aliphatic heterocycles. The van der Waals surface area contributed by atoms with Gasteiger partial charge in [0.25, 0.3) is 0 Å². The summed E-state index contributed by atoms with van der Waals surface area (Å²) in [5, 5.41) is 11.9. The Balaban J connectivity index is 1.73. The molecule has 1 N–H and O–H groups in total. The van der Waals surface area contributed by atoms with Gasteiger partial charge in [-0.2, -0.15) is 4.80 Å². The normalized spacial score (nSPS) is 10.8. The minimum Gasteiger partial charge on any atom is -0.494 e. The molecule has 26 heavy (non-hydrogen) atoms. The van der Waals surface area contributed by atoms with E-state index in [-0.39, 0.29) is 5.91 Å². The Morgan fingerprint density at radius 2 is 1.81 bits per heavy atom. The number of carbonyl (C=O) groups excluding carboxylic acids is 1. The molecule has 0 bridgehead atoms. The Hall–Kier alpha value is -2.89. The molecule has 1 amide bonds. The van der Waals surface area contributed by atoms with E-state index in [1.54, 1.807) is 4.80 Å². The van der Waals surface area contributed by atoms with Crippen LogP contribution in [-0.4, -0.2) is 27.5 Å². The van der Waals surface area contributed by atoms with E-state index in [9.17, 15) is 4.79 Å². The van der Waals surface area contributed by atoms with E-state index in [0.29, 0.717) is 13.0 Å². The van der Waals surface area contributed by atoms with Crippen molar-refractivity contribution in [3.63, 3.8) is 0 Å². The number of anilines is 1. The molecule has 1 heterocycles. The summed E-state index contributed by atoms with van der Waals surface area (Å²) in [6.45, 7) is 4.71. The lowest BCUT2D eigenvalue weighted by Gasteiger charge is -2.04. The standard InChI is InChI=1S/C20H24N4O2/c1-3-5-6-7-20(25)21-15-8-13-18-19(14-15)23-24(22-18)16-9-11-17(12-10-16)26-4-2/h8-14H,3-7H2,1-2H3,(H,21,25). The predicted molar refractivity (Wildman–Crippen MR) is 103 cm³/mol. The van der Waals surface area contributed by atoms with Crippen molar-refractivity contribution in [2.45, 2.75) is 39.5 Å². The van der Waals surface area contributed by atoms with Crippen molar-refractivity contribution in [2.75, 3.05) is 11.9 Å². The monoisotopic (exact) mass is 352 g/mol. The summed E-state index contributed by atoms with van der Waals surface area (Å²) >= 11 is 0. The van der Waals surface area contributed by atoms with Crippen LogP contribution < -0.4 is 10.1 Å². The number of unbranched alkanes of at least 4 members (excludes halogenated alkanes) is 2. The first-order chi connectivity index (χ1) is 12.7. The molecule has 6 nitrogen and oxygen atoms in total. The van der Waals surface area contributed by atoms with Crippen LogP contribution in [0.15, 0.2) is 42.5 Å². The number of nitrogens with zero attached hydrogens (tertiary/aromatic N) is 3. The Kier molecular flexibility index (Phi) is 5.84. The maximum atomic E-state index is 12.0. The quantitative estimate of drug-likeness (QED) is 0.612. The maximum Gasteiger partial charge on any atom is 0.224 e. The van der Waals surface area contributed by atoms with Gasteiger partial charge < -0.3 is 10.1 Å². The van der Waals surface area contributed by atoms with Crippen molar-refractivity contribution in [3.05, 3.63) is 42.5 Å². The van der Waals surface area contributed by atoms with E-state index >= 15 is 0 Å². The van der Waals surface area contributed by atoms with E-state index in [1.165, 1.54) is 0 Å². The molecule has 136 valence electrons. The molecular formula is C20H24N4O2. The van der Waals surface area contributed by atoms with Crippen LogP contribution in [0.4, 0.5) is 5.69 Å². The average Bonchev–Trinajstić information content (AvgIpc) is 3.06. The molecule has 3 rings (SSSR count). The van der Waals surface area contributed by atoms with Gasteiger partial charge in [-0.15, -0.1) is 10.2 Å². The third-order valence-corrected chi connectivity index (χ3v) is 4.05. The first kappa shape index (κ1) is 17.9. The van der Waals surface area contributed by atoms with Crippen LogP contribution in [-0.2, 0) is 4.79 Å². The zero-order valence-electron chi connectivity index (χ0n) is 15.2. The van der Waals surface area contributed by atoms with Crippen molar-refractivity contribution >= 4 is 22.6 Å². The summed E-state index contributed by atoms with van der Waals surface area (Å²) in [6.07, 6.45) is 3.64. The Bertz CT molecular complexity index is 871. The number of carbonyl (C=O) groups is 1. The van der Waals surface area contributed by atoms with Gasteiger partial charge in [0.15, 0.2) is 0 Å². The number of hydrogen-bond acceptors (Lipinski definition) is 4. The lowest BCUT2D eigenvalue weighted by Crippen LogP contribution is -2.10. The fraction of sp³-hybridized carbons (Fsp3) is 0.350. The lowest BCUT2D eigenvalue weighted by molar-refractivity contribution is -0.116. The van der Waals surface area contributed by atoms with Gasteiger partial charge in [0.2, 0.25) is 5.91 Å². The Morgan fingerprint density at radius 1 is 1.04 bits per heavy atom. The van der Waals surface area contributed by atoms with Crippen LogP contribution in [0.1, 0.15) is 39.5 Å². The van der Waals surface area contributed by atoms with Crippen molar-refractivity contribution in [1.29, 1.82) is 0 Å². The van der Waals surface area contributed by atoms with Gasteiger partial charge in [-0.25, -0.2) is 0 Å². The number of fused-ring (bicyclic) bond motifs is 1. The molecule has 0 unspecified atom stereocenters. The molecule has 0 saturated heterocycles. The average molecular weight is 352 g/mol. The smallest absolute Gasteiger partial charge is 0.224 e. The minimum absolute atomic E-state index is 0.0386. The van der Waals surface area contributed by atoms with Crippen LogP contribution >= 0.6 is 0 Å². The third kappa shape index (κ3) is 4.39. The number of benzene rings is 2. The Morgan fingerprint density at radius 3 is 2.54 bits per heavy atom. The number of aromatic nitrogens is 3. The summed E-state index contributed by atoms with van der Waals surface area (Å²) < 4.78 is 5.45. The Labute approximate surface area is 153 Å². The van der Waals surface area contributed by atoms with Gasteiger partial charge in [0.05, 0.1) is 12.3 Å². The largest absolute Gasteiger partial charge is 0.494 e. The molecule has 0 aliphatic carbocycles. The van der Waals surface area contributed by atoms with Gasteiger partial charge in [0.1, 0.15) is 16.8 Å². The molecule has 0 aliphatic rings. The number of amides is 1. The van der Waals surface area contributed by atoms with Crippen LogP contribution in [0.5, 0.6) is 5.75 Å². The van der Waals surface area contributed by atoms with E-state index in [1.807, 2.05) is 49.4 Å². The highest BCUT2D eigenvalue weighted by molar-refractivity contribution is 5.92. The van der Waals surface area contributed by atoms with E-state index in [2.05, 4.69) is 22.4 Å². The molecule has 0 radical (unpaired) electrons. The van der Waals surface area contributed by atoms with Gasteiger partial charge in [0, 0.05) is 12.1 Å². The van der Waals surface area contributed by atoms with Crippen molar-refractivity contribution in [2.24, 2.45) is 0 Å². The molecular weight excluding hydrogens is 328 g/mol. The highest BCUT2D eigenvalue weighted by atomic mass is 16.5. The molecule has 2 aromatic carbocycles. The fourth-order valence-corrected chi connectivity index (χ4v) is 2.71. The topological polar surface area (TPSA) is 69.0 Å². The van der Waals surface area contributed by atoms with Crippen LogP contribution in [0.2, 0.25) is 0 Å². The summed E-state index contributed by atoms with van der Waals surface area (Å²) in [5.41, 5.74) is 3.13.